The highest BCUT2D eigenvalue weighted by atomic mass is 35.5. The third kappa shape index (κ3) is 10.1. The zero-order valence-corrected chi connectivity index (χ0v) is 28.2. The van der Waals surface area contributed by atoms with Gasteiger partial charge in [0, 0.05) is 24.6 Å². The molecule has 0 radical (unpaired) electrons. The number of likely N-dealkylation sites (N-methyl/N-ethyl adjacent to an activating group) is 2. The fraction of sp³-hybridized carbons (Fsp3) is 0.452. The van der Waals surface area contributed by atoms with Gasteiger partial charge in [0.2, 0.25) is 21.8 Å². The van der Waals surface area contributed by atoms with Crippen LogP contribution in [0.25, 0.3) is 0 Å². The molecular formula is C31H42Cl2N4O5S. The van der Waals surface area contributed by atoms with E-state index in [-0.39, 0.29) is 34.0 Å². The molecule has 43 heavy (non-hydrogen) atoms. The largest absolute Gasteiger partial charge is 0.342 e. The van der Waals surface area contributed by atoms with Crippen molar-refractivity contribution in [1.29, 1.82) is 0 Å². The molecule has 3 amide bonds. The Bertz CT molecular complexity index is 1450. The maximum absolute atomic E-state index is 13.6. The highest BCUT2D eigenvalue weighted by Crippen LogP contribution is 2.28. The van der Waals surface area contributed by atoms with Crippen molar-refractivity contribution in [2.45, 2.75) is 64.8 Å². The third-order valence-corrected chi connectivity index (χ3v) is 9.13. The summed E-state index contributed by atoms with van der Waals surface area (Å²) in [6.45, 7) is 11.0. The van der Waals surface area contributed by atoms with Gasteiger partial charge in [0.15, 0.2) is 0 Å². The Morgan fingerprint density at radius 3 is 2.09 bits per heavy atom. The summed E-state index contributed by atoms with van der Waals surface area (Å²) in [6, 6.07) is 12.6. The molecule has 0 spiro atoms. The van der Waals surface area contributed by atoms with Gasteiger partial charge >= 0.3 is 0 Å². The van der Waals surface area contributed by atoms with E-state index in [9.17, 15) is 22.8 Å². The summed E-state index contributed by atoms with van der Waals surface area (Å²) < 4.78 is 27.1. The van der Waals surface area contributed by atoms with Gasteiger partial charge in [0.1, 0.15) is 6.04 Å². The lowest BCUT2D eigenvalue weighted by Gasteiger charge is -2.38. The summed E-state index contributed by atoms with van der Waals surface area (Å²) in [7, 11) is -0.767. The number of carbonyl (C=O) groups excluding carboxylic acids is 3. The van der Waals surface area contributed by atoms with Crippen molar-refractivity contribution in [1.82, 2.24) is 20.3 Å². The van der Waals surface area contributed by atoms with Gasteiger partial charge < -0.3 is 15.5 Å². The van der Waals surface area contributed by atoms with Crippen LogP contribution in [0.3, 0.4) is 0 Å². The highest BCUT2D eigenvalue weighted by molar-refractivity contribution is 7.89. The van der Waals surface area contributed by atoms with Gasteiger partial charge in [-0.05, 0) is 42.6 Å². The van der Waals surface area contributed by atoms with Crippen LogP contribution in [0.15, 0.2) is 60.2 Å². The van der Waals surface area contributed by atoms with Gasteiger partial charge in [0.05, 0.1) is 21.8 Å². The van der Waals surface area contributed by atoms with Crippen molar-refractivity contribution in [2.75, 3.05) is 20.6 Å². The summed E-state index contributed by atoms with van der Waals surface area (Å²) in [5.74, 6) is -1.97. The fourth-order valence-corrected chi connectivity index (χ4v) is 5.97. The van der Waals surface area contributed by atoms with E-state index in [0.717, 1.165) is 5.56 Å². The van der Waals surface area contributed by atoms with Gasteiger partial charge in [-0.3, -0.25) is 14.4 Å². The third-order valence-electron chi connectivity index (χ3n) is 7.18. The van der Waals surface area contributed by atoms with E-state index in [1.54, 1.807) is 14.1 Å². The van der Waals surface area contributed by atoms with Crippen molar-refractivity contribution in [3.63, 3.8) is 0 Å². The quantitative estimate of drug-likeness (QED) is 0.291. The SMILES string of the molecule is CN[C@H](C(=O)NC(C(=O)N(C)C/C=C(\C)C(=O)NS(=O)(=O)Cc1ccc(Cl)c(Cl)c1)C(C)(C)C)C(C)(C)c1ccccc1. The first-order chi connectivity index (χ1) is 19.8. The van der Waals surface area contributed by atoms with E-state index < -0.39 is 44.6 Å². The molecule has 3 N–H and O–H groups in total. The summed E-state index contributed by atoms with van der Waals surface area (Å²) in [6.07, 6.45) is 1.46. The molecule has 0 aliphatic rings. The number of carbonyl (C=O) groups is 3. The number of nitrogens with one attached hydrogen (secondary N) is 3. The summed E-state index contributed by atoms with van der Waals surface area (Å²) >= 11 is 11.8. The first-order valence-electron chi connectivity index (χ1n) is 13.7. The van der Waals surface area contributed by atoms with E-state index in [0.29, 0.717) is 5.56 Å². The smallest absolute Gasteiger partial charge is 0.260 e. The second-order valence-corrected chi connectivity index (χ2v) is 14.7. The molecule has 2 aromatic rings. The van der Waals surface area contributed by atoms with Crippen molar-refractivity contribution < 1.29 is 22.8 Å². The van der Waals surface area contributed by atoms with Gasteiger partial charge in [0.25, 0.3) is 5.91 Å². The molecule has 0 heterocycles. The number of amides is 3. The predicted molar refractivity (Wildman–Crippen MR) is 172 cm³/mol. The van der Waals surface area contributed by atoms with Crippen molar-refractivity contribution in [3.05, 3.63) is 81.4 Å². The Labute approximate surface area is 265 Å². The van der Waals surface area contributed by atoms with Crippen LogP contribution >= 0.6 is 23.2 Å². The molecule has 2 atom stereocenters. The minimum absolute atomic E-state index is 0.0122. The molecule has 1 unspecified atom stereocenters. The van der Waals surface area contributed by atoms with Crippen LogP contribution in [0.5, 0.6) is 0 Å². The Kier molecular flexibility index (Phi) is 12.4. The topological polar surface area (TPSA) is 125 Å². The van der Waals surface area contributed by atoms with Crippen LogP contribution in [0.4, 0.5) is 0 Å². The van der Waals surface area contributed by atoms with Crippen LogP contribution in [-0.4, -0.2) is 63.8 Å². The molecule has 0 bridgehead atoms. The Morgan fingerprint density at radius 1 is 0.953 bits per heavy atom. The number of halogens is 2. The zero-order valence-electron chi connectivity index (χ0n) is 25.9. The Balaban J connectivity index is 2.12. The van der Waals surface area contributed by atoms with Crippen LogP contribution < -0.4 is 15.4 Å². The van der Waals surface area contributed by atoms with Gasteiger partial charge in [-0.1, -0.05) is 100 Å². The number of rotatable bonds is 12. The maximum atomic E-state index is 13.6. The molecule has 0 saturated heterocycles. The highest BCUT2D eigenvalue weighted by Gasteiger charge is 2.40. The molecule has 12 heteroatoms. The molecule has 0 fully saturated rings. The van der Waals surface area contributed by atoms with Gasteiger partial charge in [-0.2, -0.15) is 0 Å². The standard InChI is InChI=1S/C31H42Cl2N4O5S/c1-20(27(38)36-43(41,42)19-21-14-15-23(32)24(33)18-21)16-17-37(8)29(40)26(30(2,3)4)35-28(39)25(34-7)31(5,6)22-12-10-9-11-13-22/h9-16,18,25-26,34H,17,19H2,1-8H3,(H,35,39)(H,36,38)/b20-16+/t25-,26?/m1/s1. The summed E-state index contributed by atoms with van der Waals surface area (Å²) in [5, 5.41) is 6.54. The molecular weight excluding hydrogens is 611 g/mol. The Hall–Kier alpha value is -2.92. The second-order valence-electron chi connectivity index (χ2n) is 12.2. The normalized spacial score (nSPS) is 14.0. The number of sulfonamides is 1. The van der Waals surface area contributed by atoms with Crippen LogP contribution in [0, 0.1) is 5.41 Å². The molecule has 0 aromatic heterocycles. The summed E-state index contributed by atoms with van der Waals surface area (Å²) in [4.78, 5) is 41.1. The molecule has 2 rings (SSSR count). The number of hydrogen-bond donors (Lipinski definition) is 3. The van der Waals surface area contributed by atoms with Crippen LogP contribution in [0.1, 0.15) is 52.7 Å². The molecule has 0 aliphatic heterocycles. The van der Waals surface area contributed by atoms with Gasteiger partial charge in [-0.25, -0.2) is 13.1 Å². The molecule has 0 saturated carbocycles. The lowest BCUT2D eigenvalue weighted by Crippen LogP contribution is -2.60. The van der Waals surface area contributed by atoms with Crippen molar-refractivity contribution in [2.24, 2.45) is 5.41 Å². The second kappa shape index (κ2) is 14.7. The molecule has 9 nitrogen and oxygen atoms in total. The first-order valence-corrected chi connectivity index (χ1v) is 16.1. The molecule has 236 valence electrons. The average Bonchev–Trinajstić information content (AvgIpc) is 2.91. The zero-order chi connectivity index (χ0) is 32.8. The van der Waals surface area contributed by atoms with Crippen molar-refractivity contribution >= 4 is 50.9 Å². The molecule has 0 aliphatic carbocycles. The number of nitrogens with zero attached hydrogens (tertiary/aromatic N) is 1. The number of hydrogen-bond acceptors (Lipinski definition) is 6. The van der Waals surface area contributed by atoms with Gasteiger partial charge in [-0.15, -0.1) is 0 Å². The van der Waals surface area contributed by atoms with Crippen LogP contribution in [-0.2, 0) is 35.6 Å². The van der Waals surface area contributed by atoms with E-state index in [2.05, 4.69) is 10.6 Å². The average molecular weight is 654 g/mol. The van der Waals surface area contributed by atoms with Crippen LogP contribution in [0.2, 0.25) is 10.0 Å². The van der Waals surface area contributed by atoms with Crippen molar-refractivity contribution in [3.8, 4) is 0 Å². The minimum Gasteiger partial charge on any atom is -0.342 e. The van der Waals surface area contributed by atoms with E-state index in [1.807, 2.05) is 69.7 Å². The van der Waals surface area contributed by atoms with E-state index >= 15 is 0 Å². The lowest BCUT2D eigenvalue weighted by atomic mass is 9.76. The van der Waals surface area contributed by atoms with E-state index in [1.165, 1.54) is 36.1 Å². The van der Waals surface area contributed by atoms with E-state index in [4.69, 9.17) is 23.2 Å². The maximum Gasteiger partial charge on any atom is 0.260 e. The minimum atomic E-state index is -4.03. The monoisotopic (exact) mass is 652 g/mol. The molecule has 2 aromatic carbocycles. The first kappa shape index (κ1) is 36.3. The Morgan fingerprint density at radius 2 is 1.56 bits per heavy atom. The fourth-order valence-electron chi connectivity index (χ4n) is 4.51. The predicted octanol–water partition coefficient (Wildman–Crippen LogP) is 4.44. The summed E-state index contributed by atoms with van der Waals surface area (Å²) in [5.41, 5.74) is 0.229. The number of benzene rings is 2. The lowest BCUT2D eigenvalue weighted by molar-refractivity contribution is -0.139.